The second-order valence-corrected chi connectivity index (χ2v) is 7.24. The highest BCUT2D eigenvalue weighted by Gasteiger charge is 2.42. The van der Waals surface area contributed by atoms with E-state index < -0.39 is 0 Å². The van der Waals surface area contributed by atoms with Crippen molar-refractivity contribution in [2.75, 3.05) is 31.1 Å². The smallest absolute Gasteiger partial charge is 0.253 e. The Labute approximate surface area is 152 Å². The first kappa shape index (κ1) is 17.2. The van der Waals surface area contributed by atoms with Crippen LogP contribution < -0.4 is 4.90 Å². The molecule has 26 heavy (non-hydrogen) atoms. The number of amides is 1. The van der Waals surface area contributed by atoms with Crippen LogP contribution in [0.2, 0.25) is 0 Å². The minimum atomic E-state index is -0.346. The molecule has 2 fully saturated rings. The highest BCUT2D eigenvalue weighted by Crippen LogP contribution is 2.33. The van der Waals surface area contributed by atoms with Gasteiger partial charge in [0, 0.05) is 38.6 Å². The molecule has 1 aromatic carbocycles. The van der Waals surface area contributed by atoms with E-state index in [1.165, 1.54) is 12.1 Å². The van der Waals surface area contributed by atoms with Crippen LogP contribution >= 0.6 is 0 Å². The molecule has 1 aromatic heterocycles. The number of carbonyl (C=O) groups excluding carboxylic acids is 1. The standard InChI is InChI=1S/C19H23FN4O2/c1-22-10-16(21-14-22)11-23-7-5-19(6-8-23)13-24(18(25)12-26-19)17-4-2-3-15(20)9-17/h2-4,9-10,14H,5-8,11-13H2,1H3. The van der Waals surface area contributed by atoms with Gasteiger partial charge in [0.2, 0.25) is 0 Å². The molecule has 2 aromatic rings. The van der Waals surface area contributed by atoms with E-state index in [2.05, 4.69) is 9.88 Å². The number of aryl methyl sites for hydroxylation is 1. The maximum Gasteiger partial charge on any atom is 0.253 e. The quantitative estimate of drug-likeness (QED) is 0.842. The normalized spacial score (nSPS) is 20.7. The molecule has 0 bridgehead atoms. The van der Waals surface area contributed by atoms with Gasteiger partial charge in [0.05, 0.1) is 24.2 Å². The monoisotopic (exact) mass is 358 g/mol. The van der Waals surface area contributed by atoms with Crippen LogP contribution in [0.5, 0.6) is 0 Å². The van der Waals surface area contributed by atoms with Gasteiger partial charge in [-0.3, -0.25) is 9.69 Å². The molecule has 0 atom stereocenters. The van der Waals surface area contributed by atoms with Gasteiger partial charge in [-0.15, -0.1) is 0 Å². The summed E-state index contributed by atoms with van der Waals surface area (Å²) in [5.41, 5.74) is 1.32. The summed E-state index contributed by atoms with van der Waals surface area (Å²) >= 11 is 0. The summed E-state index contributed by atoms with van der Waals surface area (Å²) in [6.07, 6.45) is 5.54. The van der Waals surface area contributed by atoms with E-state index in [0.29, 0.717) is 12.2 Å². The van der Waals surface area contributed by atoms with Crippen molar-refractivity contribution < 1.29 is 13.9 Å². The number of piperidine rings is 1. The molecule has 0 unspecified atom stereocenters. The van der Waals surface area contributed by atoms with Gasteiger partial charge in [-0.2, -0.15) is 0 Å². The van der Waals surface area contributed by atoms with Crippen LogP contribution in [0.1, 0.15) is 18.5 Å². The largest absolute Gasteiger partial charge is 0.363 e. The van der Waals surface area contributed by atoms with Crippen molar-refractivity contribution in [1.29, 1.82) is 0 Å². The van der Waals surface area contributed by atoms with Crippen LogP contribution in [-0.4, -0.2) is 52.2 Å². The molecule has 4 rings (SSSR count). The van der Waals surface area contributed by atoms with E-state index >= 15 is 0 Å². The Kier molecular flexibility index (Phi) is 4.50. The third-order valence-corrected chi connectivity index (χ3v) is 5.28. The number of hydrogen-bond acceptors (Lipinski definition) is 4. The van der Waals surface area contributed by atoms with Gasteiger partial charge in [-0.05, 0) is 31.0 Å². The van der Waals surface area contributed by atoms with E-state index in [-0.39, 0.29) is 23.9 Å². The van der Waals surface area contributed by atoms with Crippen molar-refractivity contribution in [2.45, 2.75) is 25.0 Å². The summed E-state index contributed by atoms with van der Waals surface area (Å²) in [4.78, 5) is 20.7. The van der Waals surface area contributed by atoms with Crippen molar-refractivity contribution in [1.82, 2.24) is 14.5 Å². The van der Waals surface area contributed by atoms with Gasteiger partial charge in [0.15, 0.2) is 0 Å². The minimum Gasteiger partial charge on any atom is -0.363 e. The van der Waals surface area contributed by atoms with E-state index in [0.717, 1.165) is 38.2 Å². The van der Waals surface area contributed by atoms with Crippen LogP contribution in [0.4, 0.5) is 10.1 Å². The van der Waals surface area contributed by atoms with Crippen LogP contribution in [0.25, 0.3) is 0 Å². The number of hydrogen-bond donors (Lipinski definition) is 0. The average Bonchev–Trinajstić information content (AvgIpc) is 3.04. The molecule has 2 aliphatic heterocycles. The van der Waals surface area contributed by atoms with E-state index in [1.54, 1.807) is 17.0 Å². The number of morpholine rings is 1. The molecule has 6 nitrogen and oxygen atoms in total. The van der Waals surface area contributed by atoms with Gasteiger partial charge in [-0.25, -0.2) is 9.37 Å². The number of rotatable bonds is 3. The predicted octanol–water partition coefficient (Wildman–Crippen LogP) is 1.96. The molecule has 7 heteroatoms. The molecular weight excluding hydrogens is 335 g/mol. The molecule has 138 valence electrons. The SMILES string of the molecule is Cn1cnc(CN2CCC3(CC2)CN(c2cccc(F)c2)C(=O)CO3)c1. The lowest BCUT2D eigenvalue weighted by Crippen LogP contribution is -2.58. The fourth-order valence-electron chi connectivity index (χ4n) is 3.79. The second kappa shape index (κ2) is 6.81. The number of benzene rings is 1. The molecule has 3 heterocycles. The number of carbonyl (C=O) groups is 1. The summed E-state index contributed by atoms with van der Waals surface area (Å²) in [5.74, 6) is -0.446. The summed E-state index contributed by atoms with van der Waals surface area (Å²) in [6.45, 7) is 3.14. The van der Waals surface area contributed by atoms with Crippen molar-refractivity contribution in [3.8, 4) is 0 Å². The Morgan fingerprint density at radius 3 is 2.81 bits per heavy atom. The zero-order valence-corrected chi connectivity index (χ0v) is 14.9. The van der Waals surface area contributed by atoms with Crippen molar-refractivity contribution in [2.24, 2.45) is 7.05 Å². The fraction of sp³-hybridized carbons (Fsp3) is 0.474. The Balaban J connectivity index is 1.42. The Morgan fingerprint density at radius 1 is 1.31 bits per heavy atom. The number of nitrogens with zero attached hydrogens (tertiary/aromatic N) is 4. The van der Waals surface area contributed by atoms with Gasteiger partial charge in [0.1, 0.15) is 12.4 Å². The first-order valence-corrected chi connectivity index (χ1v) is 8.92. The highest BCUT2D eigenvalue weighted by molar-refractivity contribution is 5.95. The zero-order valence-electron chi connectivity index (χ0n) is 14.9. The predicted molar refractivity (Wildman–Crippen MR) is 95.2 cm³/mol. The lowest BCUT2D eigenvalue weighted by Gasteiger charge is -2.46. The van der Waals surface area contributed by atoms with Crippen LogP contribution in [0.15, 0.2) is 36.8 Å². The highest BCUT2D eigenvalue weighted by atomic mass is 19.1. The molecule has 2 saturated heterocycles. The summed E-state index contributed by atoms with van der Waals surface area (Å²) in [6, 6.07) is 6.21. The van der Waals surface area contributed by atoms with Crippen LogP contribution in [-0.2, 0) is 23.1 Å². The van der Waals surface area contributed by atoms with Gasteiger partial charge in [0.25, 0.3) is 5.91 Å². The summed E-state index contributed by atoms with van der Waals surface area (Å²) < 4.78 is 21.5. The van der Waals surface area contributed by atoms with Crippen molar-refractivity contribution in [3.63, 3.8) is 0 Å². The third kappa shape index (κ3) is 3.50. The van der Waals surface area contributed by atoms with Crippen LogP contribution in [0, 0.1) is 5.82 Å². The lowest BCUT2D eigenvalue weighted by atomic mass is 9.89. The van der Waals surface area contributed by atoms with Crippen molar-refractivity contribution in [3.05, 3.63) is 48.3 Å². The molecule has 0 N–H and O–H groups in total. The zero-order chi connectivity index (χ0) is 18.1. The number of likely N-dealkylation sites (tertiary alicyclic amines) is 1. The summed E-state index contributed by atoms with van der Waals surface area (Å²) in [7, 11) is 1.97. The Morgan fingerprint density at radius 2 is 2.12 bits per heavy atom. The maximum absolute atomic E-state index is 13.6. The molecule has 1 amide bonds. The molecule has 1 spiro atoms. The fourth-order valence-corrected chi connectivity index (χ4v) is 3.79. The van der Waals surface area contributed by atoms with Gasteiger partial charge < -0.3 is 14.2 Å². The topological polar surface area (TPSA) is 50.6 Å². The van der Waals surface area contributed by atoms with E-state index in [1.807, 2.05) is 24.1 Å². The molecule has 0 aliphatic carbocycles. The first-order valence-electron chi connectivity index (χ1n) is 8.92. The lowest BCUT2D eigenvalue weighted by molar-refractivity contribution is -0.145. The number of halogens is 1. The van der Waals surface area contributed by atoms with Gasteiger partial charge in [-0.1, -0.05) is 6.07 Å². The van der Waals surface area contributed by atoms with Gasteiger partial charge >= 0.3 is 0 Å². The molecule has 0 saturated carbocycles. The molecule has 2 aliphatic rings. The summed E-state index contributed by atoms with van der Waals surface area (Å²) in [5, 5.41) is 0. The number of imidazole rings is 1. The average molecular weight is 358 g/mol. The van der Waals surface area contributed by atoms with Crippen LogP contribution in [0.3, 0.4) is 0 Å². The maximum atomic E-state index is 13.6. The van der Waals surface area contributed by atoms with E-state index in [4.69, 9.17) is 4.74 Å². The van der Waals surface area contributed by atoms with Crippen molar-refractivity contribution >= 4 is 11.6 Å². The number of ether oxygens (including phenoxy) is 1. The first-order chi connectivity index (χ1) is 12.5. The number of anilines is 1. The second-order valence-electron chi connectivity index (χ2n) is 7.24. The molecular formula is C19H23FN4O2. The van der Waals surface area contributed by atoms with E-state index in [9.17, 15) is 9.18 Å². The minimum absolute atomic E-state index is 0.0523. The Bertz CT molecular complexity index is 798. The Hall–Kier alpha value is -2.25. The third-order valence-electron chi connectivity index (χ3n) is 5.28. The number of aromatic nitrogens is 2. The molecule has 0 radical (unpaired) electrons.